The summed E-state index contributed by atoms with van der Waals surface area (Å²) in [6.45, 7) is 6.63. The highest BCUT2D eigenvalue weighted by Crippen LogP contribution is 2.37. The fraction of sp³-hybridized carbons (Fsp3) is 0.190. The van der Waals surface area contributed by atoms with Gasteiger partial charge < -0.3 is 0 Å². The Morgan fingerprint density at radius 1 is 0.818 bits per heavy atom. The summed E-state index contributed by atoms with van der Waals surface area (Å²) in [5.41, 5.74) is 4.35. The number of hydrogen-bond acceptors (Lipinski definition) is 1. The molecule has 0 N–H and O–H groups in total. The van der Waals surface area contributed by atoms with Crippen LogP contribution in [0.25, 0.3) is 21.9 Å². The van der Waals surface area contributed by atoms with Gasteiger partial charge in [-0.25, -0.2) is 0 Å². The van der Waals surface area contributed by atoms with Crippen molar-refractivity contribution in [2.24, 2.45) is 0 Å². The summed E-state index contributed by atoms with van der Waals surface area (Å²) < 4.78 is 0. The number of hydrogen-bond donors (Lipinski definition) is 0. The maximum absolute atomic E-state index is 9.27. The van der Waals surface area contributed by atoms with E-state index in [4.69, 9.17) is 0 Å². The van der Waals surface area contributed by atoms with Crippen molar-refractivity contribution < 1.29 is 0 Å². The summed E-state index contributed by atoms with van der Waals surface area (Å²) in [6.07, 6.45) is 0. The molecule has 1 heteroatoms. The lowest BCUT2D eigenvalue weighted by molar-refractivity contribution is 0.592. The zero-order valence-corrected chi connectivity index (χ0v) is 13.2. The van der Waals surface area contributed by atoms with Gasteiger partial charge in [0.15, 0.2) is 0 Å². The second kappa shape index (κ2) is 5.31. The van der Waals surface area contributed by atoms with Crippen molar-refractivity contribution in [3.8, 4) is 17.2 Å². The molecule has 108 valence electrons. The van der Waals surface area contributed by atoms with E-state index in [2.05, 4.69) is 75.4 Å². The third kappa shape index (κ3) is 2.49. The van der Waals surface area contributed by atoms with Gasteiger partial charge in [-0.2, -0.15) is 5.26 Å². The van der Waals surface area contributed by atoms with Crippen LogP contribution in [0.3, 0.4) is 0 Å². The molecule has 0 aliphatic heterocycles. The molecule has 0 atom stereocenters. The van der Waals surface area contributed by atoms with Crippen molar-refractivity contribution >= 4 is 10.8 Å². The van der Waals surface area contributed by atoms with Crippen LogP contribution in [-0.2, 0) is 5.41 Å². The van der Waals surface area contributed by atoms with Crippen LogP contribution >= 0.6 is 0 Å². The summed E-state index contributed by atoms with van der Waals surface area (Å²) in [7, 11) is 0. The molecule has 0 spiro atoms. The van der Waals surface area contributed by atoms with E-state index in [0.717, 1.165) is 5.56 Å². The Labute approximate surface area is 131 Å². The predicted octanol–water partition coefficient (Wildman–Crippen LogP) is 5.68. The van der Waals surface area contributed by atoms with Crippen molar-refractivity contribution in [1.29, 1.82) is 5.26 Å². The van der Waals surface area contributed by atoms with Gasteiger partial charge in [-0.1, -0.05) is 69.3 Å². The Hall–Kier alpha value is -2.59. The normalized spacial score (nSPS) is 11.4. The van der Waals surface area contributed by atoms with Crippen molar-refractivity contribution in [2.45, 2.75) is 26.2 Å². The lowest BCUT2D eigenvalue weighted by Crippen LogP contribution is -2.13. The molecule has 1 nitrogen and oxygen atoms in total. The van der Waals surface area contributed by atoms with E-state index in [-0.39, 0.29) is 5.41 Å². The highest BCUT2D eigenvalue weighted by atomic mass is 14.3. The van der Waals surface area contributed by atoms with Crippen molar-refractivity contribution in [3.05, 3.63) is 71.8 Å². The average molecular weight is 285 g/mol. The first-order valence-corrected chi connectivity index (χ1v) is 7.53. The van der Waals surface area contributed by atoms with Crippen molar-refractivity contribution in [2.75, 3.05) is 0 Å². The first kappa shape index (κ1) is 14.4. The molecular weight excluding hydrogens is 266 g/mol. The van der Waals surface area contributed by atoms with Gasteiger partial charge in [-0.15, -0.1) is 0 Å². The van der Waals surface area contributed by atoms with E-state index >= 15 is 0 Å². The molecule has 0 aliphatic rings. The molecule has 3 rings (SSSR count). The molecule has 0 aliphatic carbocycles. The minimum atomic E-state index is 0.0280. The first-order chi connectivity index (χ1) is 10.5. The standard InChI is InChI=1S/C21H19N/c1-21(2,3)20-12-11-15(14-22)13-19(20)18-10-6-8-16-7-4-5-9-17(16)18/h4-13H,1-3H3. The molecule has 0 radical (unpaired) electrons. The first-order valence-electron chi connectivity index (χ1n) is 7.53. The van der Waals surface area contributed by atoms with E-state index in [1.54, 1.807) is 0 Å². The van der Waals surface area contributed by atoms with Crippen LogP contribution in [0.2, 0.25) is 0 Å². The van der Waals surface area contributed by atoms with Crippen molar-refractivity contribution in [1.82, 2.24) is 0 Å². The quantitative estimate of drug-likeness (QED) is 0.564. The molecule has 0 unspecified atom stereocenters. The fourth-order valence-electron chi connectivity index (χ4n) is 2.95. The van der Waals surface area contributed by atoms with Gasteiger partial charge in [0.2, 0.25) is 0 Å². The average Bonchev–Trinajstić information content (AvgIpc) is 2.53. The van der Waals surface area contributed by atoms with E-state index in [9.17, 15) is 5.26 Å². The molecule has 0 aromatic heterocycles. The number of fused-ring (bicyclic) bond motifs is 1. The summed E-state index contributed by atoms with van der Waals surface area (Å²) >= 11 is 0. The summed E-state index contributed by atoms with van der Waals surface area (Å²) in [6, 6.07) is 23.0. The van der Waals surface area contributed by atoms with Crippen LogP contribution < -0.4 is 0 Å². The topological polar surface area (TPSA) is 23.8 Å². The van der Waals surface area contributed by atoms with Gasteiger partial charge in [0.05, 0.1) is 11.6 Å². The van der Waals surface area contributed by atoms with Crippen molar-refractivity contribution in [3.63, 3.8) is 0 Å². The predicted molar refractivity (Wildman–Crippen MR) is 92.8 cm³/mol. The second-order valence-corrected chi connectivity index (χ2v) is 6.65. The van der Waals surface area contributed by atoms with E-state index in [0.29, 0.717) is 5.56 Å². The molecule has 22 heavy (non-hydrogen) atoms. The monoisotopic (exact) mass is 285 g/mol. The third-order valence-electron chi connectivity index (χ3n) is 4.04. The van der Waals surface area contributed by atoms with Gasteiger partial charge >= 0.3 is 0 Å². The number of nitrogens with zero attached hydrogens (tertiary/aromatic N) is 1. The van der Waals surface area contributed by atoms with E-state index in [1.807, 2.05) is 12.1 Å². The van der Waals surface area contributed by atoms with Crippen LogP contribution in [-0.4, -0.2) is 0 Å². The highest BCUT2D eigenvalue weighted by molar-refractivity contribution is 5.97. The zero-order chi connectivity index (χ0) is 15.7. The largest absolute Gasteiger partial charge is 0.192 e. The Kier molecular flexibility index (Phi) is 3.47. The van der Waals surface area contributed by atoms with Crippen LogP contribution in [0.15, 0.2) is 60.7 Å². The zero-order valence-electron chi connectivity index (χ0n) is 13.2. The van der Waals surface area contributed by atoms with Gasteiger partial charge in [-0.05, 0) is 45.0 Å². The summed E-state index contributed by atoms with van der Waals surface area (Å²) in [5.74, 6) is 0. The molecule has 3 aromatic rings. The number of nitriles is 1. The van der Waals surface area contributed by atoms with Crippen LogP contribution in [0, 0.1) is 11.3 Å². The third-order valence-corrected chi connectivity index (χ3v) is 4.04. The molecular formula is C21H19N. The maximum Gasteiger partial charge on any atom is 0.0991 e. The van der Waals surface area contributed by atoms with Gasteiger partial charge in [0, 0.05) is 0 Å². The Balaban J connectivity index is 2.37. The molecule has 0 saturated carbocycles. The fourth-order valence-corrected chi connectivity index (χ4v) is 2.95. The Morgan fingerprint density at radius 2 is 1.55 bits per heavy atom. The minimum Gasteiger partial charge on any atom is -0.192 e. The van der Waals surface area contributed by atoms with Crippen LogP contribution in [0.4, 0.5) is 0 Å². The lowest BCUT2D eigenvalue weighted by atomic mass is 9.80. The second-order valence-electron chi connectivity index (χ2n) is 6.65. The molecule has 3 aromatic carbocycles. The van der Waals surface area contributed by atoms with Gasteiger partial charge in [0.1, 0.15) is 0 Å². The van der Waals surface area contributed by atoms with Crippen LogP contribution in [0.1, 0.15) is 31.9 Å². The molecule has 0 saturated heterocycles. The molecule has 0 amide bonds. The number of rotatable bonds is 1. The highest BCUT2D eigenvalue weighted by Gasteiger charge is 2.20. The minimum absolute atomic E-state index is 0.0280. The molecule has 0 fully saturated rings. The summed E-state index contributed by atoms with van der Waals surface area (Å²) in [5, 5.41) is 11.7. The SMILES string of the molecule is CC(C)(C)c1ccc(C#N)cc1-c1cccc2ccccc12. The lowest BCUT2D eigenvalue weighted by Gasteiger charge is -2.24. The molecule has 0 bridgehead atoms. The van der Waals surface area contributed by atoms with E-state index < -0.39 is 0 Å². The Bertz CT molecular complexity index is 871. The van der Waals surface area contributed by atoms with Gasteiger partial charge in [0.25, 0.3) is 0 Å². The smallest absolute Gasteiger partial charge is 0.0991 e. The number of benzene rings is 3. The van der Waals surface area contributed by atoms with E-state index in [1.165, 1.54) is 21.9 Å². The Morgan fingerprint density at radius 3 is 2.27 bits per heavy atom. The maximum atomic E-state index is 9.27. The summed E-state index contributed by atoms with van der Waals surface area (Å²) in [4.78, 5) is 0. The molecule has 0 heterocycles. The van der Waals surface area contributed by atoms with Crippen LogP contribution in [0.5, 0.6) is 0 Å². The van der Waals surface area contributed by atoms with Gasteiger partial charge in [-0.3, -0.25) is 0 Å².